The molecule has 0 spiro atoms. The highest BCUT2D eigenvalue weighted by Gasteiger charge is 2.24. The molecule has 1 unspecified atom stereocenters. The van der Waals surface area contributed by atoms with E-state index in [2.05, 4.69) is 4.98 Å². The fourth-order valence-electron chi connectivity index (χ4n) is 2.88. The summed E-state index contributed by atoms with van der Waals surface area (Å²) >= 11 is 0. The van der Waals surface area contributed by atoms with E-state index in [4.69, 9.17) is 9.47 Å². The fraction of sp³-hybridized carbons (Fsp3) is 0.412. The maximum Gasteiger partial charge on any atom is 0.310 e. The number of aromatic amines is 1. The van der Waals surface area contributed by atoms with Crippen LogP contribution >= 0.6 is 0 Å². The molecule has 1 aliphatic rings. The second-order valence-electron chi connectivity index (χ2n) is 5.92. The molecule has 7 nitrogen and oxygen atoms in total. The van der Waals surface area contributed by atoms with Crippen LogP contribution in [0.2, 0.25) is 0 Å². The summed E-state index contributed by atoms with van der Waals surface area (Å²) in [5, 5.41) is 10.1. The first kappa shape index (κ1) is 16.5. The molecule has 1 saturated heterocycles. The number of rotatable bonds is 4. The number of nitrogens with one attached hydrogen (secondary N) is 1. The van der Waals surface area contributed by atoms with Gasteiger partial charge >= 0.3 is 5.97 Å². The quantitative estimate of drug-likeness (QED) is 0.870. The first-order valence-corrected chi connectivity index (χ1v) is 7.79. The predicted octanol–water partition coefficient (Wildman–Crippen LogP) is 1.07. The van der Waals surface area contributed by atoms with E-state index in [1.807, 2.05) is 23.1 Å². The smallest absolute Gasteiger partial charge is 0.310 e. The van der Waals surface area contributed by atoms with E-state index in [-0.39, 0.29) is 12.2 Å². The Hall–Kier alpha value is -2.38. The Balaban J connectivity index is 1.85. The molecule has 1 aromatic carbocycles. The van der Waals surface area contributed by atoms with Crippen LogP contribution in [0, 0.1) is 5.92 Å². The van der Waals surface area contributed by atoms with Crippen molar-refractivity contribution in [3.05, 3.63) is 40.2 Å². The van der Waals surface area contributed by atoms with Gasteiger partial charge in [-0.3, -0.25) is 14.5 Å². The number of aromatic nitrogens is 1. The van der Waals surface area contributed by atoms with Gasteiger partial charge in [-0.2, -0.15) is 0 Å². The summed E-state index contributed by atoms with van der Waals surface area (Å²) < 4.78 is 10.5. The van der Waals surface area contributed by atoms with Gasteiger partial charge in [-0.25, -0.2) is 0 Å². The molecule has 1 fully saturated rings. The molecule has 2 aromatic rings. The van der Waals surface area contributed by atoms with Crippen LogP contribution in [0.5, 0.6) is 5.75 Å². The summed E-state index contributed by atoms with van der Waals surface area (Å²) in [5.74, 6) is -0.766. The summed E-state index contributed by atoms with van der Waals surface area (Å²) in [6.45, 7) is 2.04. The van der Waals surface area contributed by atoms with Crippen LogP contribution in [0.15, 0.2) is 29.1 Å². The van der Waals surface area contributed by atoms with Crippen LogP contribution in [-0.2, 0) is 16.1 Å². The Morgan fingerprint density at radius 3 is 3.04 bits per heavy atom. The molecular formula is C17H20N2O5. The number of methoxy groups -OCH3 is 1. The molecule has 0 amide bonds. The van der Waals surface area contributed by atoms with Crippen LogP contribution in [0.3, 0.4) is 0 Å². The van der Waals surface area contributed by atoms with Gasteiger partial charge in [-0.05, 0) is 23.6 Å². The van der Waals surface area contributed by atoms with Crippen molar-refractivity contribution < 1.29 is 19.4 Å². The average Bonchev–Trinajstić information content (AvgIpc) is 2.81. The Kier molecular flexibility index (Phi) is 4.82. The summed E-state index contributed by atoms with van der Waals surface area (Å²) in [4.78, 5) is 28.4. The van der Waals surface area contributed by atoms with Crippen molar-refractivity contribution in [3.63, 3.8) is 0 Å². The molecule has 7 heteroatoms. The van der Waals surface area contributed by atoms with Crippen molar-refractivity contribution in [2.24, 2.45) is 5.92 Å². The first-order valence-electron chi connectivity index (χ1n) is 7.79. The highest BCUT2D eigenvalue weighted by Crippen LogP contribution is 2.19. The number of aliphatic carboxylic acids is 1. The van der Waals surface area contributed by atoms with Crippen molar-refractivity contribution in [1.82, 2.24) is 9.88 Å². The van der Waals surface area contributed by atoms with Gasteiger partial charge in [0.05, 0.1) is 31.8 Å². The highest BCUT2D eigenvalue weighted by atomic mass is 16.5. The van der Waals surface area contributed by atoms with E-state index in [0.717, 1.165) is 5.39 Å². The summed E-state index contributed by atoms with van der Waals surface area (Å²) in [6.07, 6.45) is 0. The van der Waals surface area contributed by atoms with Crippen molar-refractivity contribution >= 4 is 16.9 Å². The number of nitrogens with zero attached hydrogens (tertiary/aromatic N) is 1. The van der Waals surface area contributed by atoms with E-state index in [1.165, 1.54) is 0 Å². The largest absolute Gasteiger partial charge is 0.497 e. The van der Waals surface area contributed by atoms with Crippen molar-refractivity contribution in [1.29, 1.82) is 0 Å². The van der Waals surface area contributed by atoms with Crippen LogP contribution in [0.1, 0.15) is 5.56 Å². The van der Waals surface area contributed by atoms with Gasteiger partial charge in [0.15, 0.2) is 0 Å². The molecule has 1 atom stereocenters. The summed E-state index contributed by atoms with van der Waals surface area (Å²) in [7, 11) is 1.58. The number of ether oxygens (including phenoxy) is 2. The Labute approximate surface area is 138 Å². The second-order valence-corrected chi connectivity index (χ2v) is 5.92. The number of carboxylic acid groups (broad SMARTS) is 1. The zero-order chi connectivity index (χ0) is 17.1. The number of benzene rings is 1. The molecule has 2 heterocycles. The van der Waals surface area contributed by atoms with Gasteiger partial charge in [0.2, 0.25) is 0 Å². The SMILES string of the molecule is COc1ccc2cc(CN3CCOCC(C(=O)O)C3)c(=O)[nH]c2c1. The molecule has 0 radical (unpaired) electrons. The molecule has 1 aromatic heterocycles. The van der Waals surface area contributed by atoms with Gasteiger partial charge < -0.3 is 19.6 Å². The summed E-state index contributed by atoms with van der Waals surface area (Å²) in [5.41, 5.74) is 1.15. The number of fused-ring (bicyclic) bond motifs is 1. The molecular weight excluding hydrogens is 312 g/mol. The van der Waals surface area contributed by atoms with E-state index < -0.39 is 11.9 Å². The van der Waals surface area contributed by atoms with E-state index in [1.54, 1.807) is 13.2 Å². The standard InChI is InChI=1S/C17H20N2O5/c1-23-14-3-2-11-6-12(16(20)18-15(11)7-14)8-19-4-5-24-10-13(9-19)17(21)22/h2-3,6-7,13H,4-5,8-10H2,1H3,(H,18,20)(H,21,22). The lowest BCUT2D eigenvalue weighted by molar-refractivity contribution is -0.143. The molecule has 1 aliphatic heterocycles. The summed E-state index contributed by atoms with van der Waals surface area (Å²) in [6, 6.07) is 7.35. The Bertz CT molecular complexity index is 801. The lowest BCUT2D eigenvalue weighted by atomic mass is 10.1. The topological polar surface area (TPSA) is 91.9 Å². The normalized spacial score (nSPS) is 19.1. The van der Waals surface area contributed by atoms with Gasteiger partial charge in [0.1, 0.15) is 5.75 Å². The third kappa shape index (κ3) is 3.58. The zero-order valence-corrected chi connectivity index (χ0v) is 13.4. The second kappa shape index (κ2) is 7.02. The number of hydrogen-bond donors (Lipinski definition) is 2. The van der Waals surface area contributed by atoms with Crippen LogP contribution in [0.4, 0.5) is 0 Å². The highest BCUT2D eigenvalue weighted by molar-refractivity contribution is 5.80. The van der Waals surface area contributed by atoms with Crippen LogP contribution in [-0.4, -0.2) is 54.4 Å². The molecule has 0 bridgehead atoms. The first-order chi connectivity index (χ1) is 11.6. The van der Waals surface area contributed by atoms with Gasteiger partial charge in [0, 0.05) is 31.3 Å². The average molecular weight is 332 g/mol. The number of hydrogen-bond acceptors (Lipinski definition) is 5. The molecule has 0 saturated carbocycles. The molecule has 3 rings (SSSR count). The number of carboxylic acids is 1. The maximum absolute atomic E-state index is 12.3. The Morgan fingerprint density at radius 2 is 2.29 bits per heavy atom. The lowest BCUT2D eigenvalue weighted by Crippen LogP contribution is -2.34. The van der Waals surface area contributed by atoms with Crippen molar-refractivity contribution in [2.75, 3.05) is 33.4 Å². The third-order valence-corrected chi connectivity index (χ3v) is 4.22. The number of pyridine rings is 1. The van der Waals surface area contributed by atoms with E-state index in [9.17, 15) is 14.7 Å². The van der Waals surface area contributed by atoms with E-state index in [0.29, 0.717) is 43.1 Å². The molecule has 24 heavy (non-hydrogen) atoms. The van der Waals surface area contributed by atoms with Crippen LogP contribution < -0.4 is 10.3 Å². The number of carbonyl (C=O) groups is 1. The molecule has 2 N–H and O–H groups in total. The Morgan fingerprint density at radius 1 is 1.46 bits per heavy atom. The monoisotopic (exact) mass is 332 g/mol. The maximum atomic E-state index is 12.3. The zero-order valence-electron chi connectivity index (χ0n) is 13.4. The fourth-order valence-corrected chi connectivity index (χ4v) is 2.88. The van der Waals surface area contributed by atoms with E-state index >= 15 is 0 Å². The van der Waals surface area contributed by atoms with Gasteiger partial charge in [-0.15, -0.1) is 0 Å². The minimum Gasteiger partial charge on any atom is -0.497 e. The lowest BCUT2D eigenvalue weighted by Gasteiger charge is -2.21. The van der Waals surface area contributed by atoms with Crippen LogP contribution in [0.25, 0.3) is 10.9 Å². The van der Waals surface area contributed by atoms with Crippen molar-refractivity contribution in [2.45, 2.75) is 6.54 Å². The van der Waals surface area contributed by atoms with Gasteiger partial charge in [-0.1, -0.05) is 0 Å². The number of H-pyrrole nitrogens is 1. The van der Waals surface area contributed by atoms with Gasteiger partial charge in [0.25, 0.3) is 5.56 Å². The minimum atomic E-state index is -0.874. The minimum absolute atomic E-state index is 0.173. The third-order valence-electron chi connectivity index (χ3n) is 4.22. The van der Waals surface area contributed by atoms with Crippen molar-refractivity contribution in [3.8, 4) is 5.75 Å². The molecule has 128 valence electrons. The predicted molar refractivity (Wildman–Crippen MR) is 88.3 cm³/mol. The molecule has 0 aliphatic carbocycles.